The van der Waals surface area contributed by atoms with Gasteiger partial charge in [0.1, 0.15) is 5.82 Å². The van der Waals surface area contributed by atoms with Gasteiger partial charge in [0.05, 0.1) is 11.5 Å². The van der Waals surface area contributed by atoms with E-state index in [1.807, 2.05) is 54.1 Å². The summed E-state index contributed by atoms with van der Waals surface area (Å²) in [5.41, 5.74) is 1.71. The van der Waals surface area contributed by atoms with Crippen molar-refractivity contribution in [3.8, 4) is 0 Å². The molecule has 2 aliphatic rings. The second-order valence-corrected chi connectivity index (χ2v) is 8.17. The van der Waals surface area contributed by atoms with Crippen LogP contribution in [0.4, 0.5) is 0 Å². The number of piperidine rings is 2. The fourth-order valence-electron chi connectivity index (χ4n) is 4.61. The Morgan fingerprint density at radius 1 is 1.11 bits per heavy atom. The molecule has 4 rings (SSSR count). The molecule has 0 saturated carbocycles. The lowest BCUT2D eigenvalue weighted by molar-refractivity contribution is -0.139. The summed E-state index contributed by atoms with van der Waals surface area (Å²) in [7, 11) is 1.90. The molecule has 6 nitrogen and oxygen atoms in total. The SMILES string of the molecule is Cc1ncc(C(=O)N2CCC3(CC2)C[C@H](c2ccccc2)C(=O)N(C)C3)cn1. The number of hydrogen-bond acceptors (Lipinski definition) is 4. The van der Waals surface area contributed by atoms with Crippen LogP contribution in [-0.4, -0.2) is 58.3 Å². The zero-order valence-corrected chi connectivity index (χ0v) is 16.5. The molecule has 2 fully saturated rings. The van der Waals surface area contributed by atoms with Crippen LogP contribution in [-0.2, 0) is 4.79 Å². The van der Waals surface area contributed by atoms with E-state index in [4.69, 9.17) is 0 Å². The van der Waals surface area contributed by atoms with Crippen LogP contribution in [0.5, 0.6) is 0 Å². The molecule has 2 aromatic rings. The highest BCUT2D eigenvalue weighted by Crippen LogP contribution is 2.45. The second kappa shape index (κ2) is 7.34. The molecule has 1 aromatic carbocycles. The van der Waals surface area contributed by atoms with Crippen LogP contribution < -0.4 is 0 Å². The van der Waals surface area contributed by atoms with E-state index in [2.05, 4.69) is 9.97 Å². The van der Waals surface area contributed by atoms with Crippen molar-refractivity contribution in [3.05, 3.63) is 59.7 Å². The van der Waals surface area contributed by atoms with E-state index in [0.717, 1.165) is 31.4 Å². The summed E-state index contributed by atoms with van der Waals surface area (Å²) in [4.78, 5) is 37.6. The van der Waals surface area contributed by atoms with Crippen molar-refractivity contribution >= 4 is 11.8 Å². The Bertz CT molecular complexity index is 858. The van der Waals surface area contributed by atoms with Crippen LogP contribution in [0.3, 0.4) is 0 Å². The Labute approximate surface area is 165 Å². The van der Waals surface area contributed by atoms with Gasteiger partial charge in [-0.1, -0.05) is 30.3 Å². The number of amides is 2. The van der Waals surface area contributed by atoms with Gasteiger partial charge >= 0.3 is 0 Å². The van der Waals surface area contributed by atoms with E-state index >= 15 is 0 Å². The molecule has 146 valence electrons. The lowest BCUT2D eigenvalue weighted by Crippen LogP contribution is -2.53. The molecular formula is C22H26N4O2. The van der Waals surface area contributed by atoms with Gasteiger partial charge in [0.15, 0.2) is 0 Å². The molecule has 1 aromatic heterocycles. The Balaban J connectivity index is 1.47. The minimum Gasteiger partial charge on any atom is -0.345 e. The zero-order valence-electron chi connectivity index (χ0n) is 16.5. The van der Waals surface area contributed by atoms with Crippen LogP contribution >= 0.6 is 0 Å². The number of carbonyl (C=O) groups is 2. The summed E-state index contributed by atoms with van der Waals surface area (Å²) in [6.45, 7) is 3.99. The first-order valence-corrected chi connectivity index (χ1v) is 9.85. The fourth-order valence-corrected chi connectivity index (χ4v) is 4.61. The van der Waals surface area contributed by atoms with Crippen molar-refractivity contribution in [3.63, 3.8) is 0 Å². The standard InChI is InChI=1S/C22H26N4O2/c1-16-23-13-18(14-24-16)20(27)26-10-8-22(9-11-26)12-19(21(28)25(2)15-22)17-6-4-3-5-7-17/h3-7,13-14,19H,8-12,15H2,1-2H3/t19-/m1/s1. The summed E-state index contributed by atoms with van der Waals surface area (Å²) in [5, 5.41) is 0. The first kappa shape index (κ1) is 18.6. The first-order valence-electron chi connectivity index (χ1n) is 9.85. The quantitative estimate of drug-likeness (QED) is 0.806. The van der Waals surface area contributed by atoms with Crippen LogP contribution in [0, 0.1) is 12.3 Å². The van der Waals surface area contributed by atoms with Crippen molar-refractivity contribution in [2.45, 2.75) is 32.1 Å². The fraction of sp³-hybridized carbons (Fsp3) is 0.455. The van der Waals surface area contributed by atoms with Crippen molar-refractivity contribution < 1.29 is 9.59 Å². The molecule has 3 heterocycles. The Morgan fingerprint density at radius 2 is 1.75 bits per heavy atom. The molecule has 1 atom stereocenters. The van der Waals surface area contributed by atoms with Crippen molar-refractivity contribution in [1.82, 2.24) is 19.8 Å². The van der Waals surface area contributed by atoms with E-state index in [9.17, 15) is 9.59 Å². The maximum atomic E-state index is 12.8. The molecular weight excluding hydrogens is 352 g/mol. The highest BCUT2D eigenvalue weighted by molar-refractivity contribution is 5.93. The monoisotopic (exact) mass is 378 g/mol. The molecule has 2 amide bonds. The van der Waals surface area contributed by atoms with Gasteiger partial charge in [-0.15, -0.1) is 0 Å². The van der Waals surface area contributed by atoms with Gasteiger partial charge < -0.3 is 9.80 Å². The minimum atomic E-state index is -0.0901. The number of rotatable bonds is 2. The number of hydrogen-bond donors (Lipinski definition) is 0. The predicted octanol–water partition coefficient (Wildman–Crippen LogP) is 2.65. The van der Waals surface area contributed by atoms with Gasteiger partial charge in [-0.25, -0.2) is 9.97 Å². The van der Waals surface area contributed by atoms with E-state index in [1.54, 1.807) is 12.4 Å². The van der Waals surface area contributed by atoms with E-state index in [-0.39, 0.29) is 23.1 Å². The molecule has 0 bridgehead atoms. The lowest BCUT2D eigenvalue weighted by Gasteiger charge is -2.49. The number of carbonyl (C=O) groups excluding carboxylic acids is 2. The number of benzene rings is 1. The third-order valence-electron chi connectivity index (χ3n) is 6.23. The summed E-state index contributed by atoms with van der Waals surface area (Å²) in [6.07, 6.45) is 5.88. The molecule has 1 spiro atoms. The maximum Gasteiger partial charge on any atom is 0.256 e. The minimum absolute atomic E-state index is 0.00491. The average Bonchev–Trinajstić information content (AvgIpc) is 2.72. The van der Waals surface area contributed by atoms with Gasteiger partial charge in [0.25, 0.3) is 5.91 Å². The Kier molecular flexibility index (Phi) is 4.87. The molecule has 0 radical (unpaired) electrons. The maximum absolute atomic E-state index is 12.8. The van der Waals surface area contributed by atoms with Crippen LogP contribution in [0.25, 0.3) is 0 Å². The van der Waals surface area contributed by atoms with Crippen LogP contribution in [0.1, 0.15) is 46.9 Å². The highest BCUT2D eigenvalue weighted by Gasteiger charge is 2.45. The average molecular weight is 378 g/mol. The Hall–Kier alpha value is -2.76. The summed E-state index contributed by atoms with van der Waals surface area (Å²) in [6, 6.07) is 10.1. The van der Waals surface area contributed by atoms with E-state index in [0.29, 0.717) is 24.5 Å². The number of likely N-dealkylation sites (N-methyl/N-ethyl adjacent to an activating group) is 1. The smallest absolute Gasteiger partial charge is 0.256 e. The third-order valence-corrected chi connectivity index (χ3v) is 6.23. The largest absolute Gasteiger partial charge is 0.345 e. The van der Waals surface area contributed by atoms with Gasteiger partial charge in [-0.3, -0.25) is 9.59 Å². The zero-order chi connectivity index (χ0) is 19.7. The van der Waals surface area contributed by atoms with Gasteiger partial charge in [-0.05, 0) is 37.2 Å². The molecule has 0 N–H and O–H groups in total. The van der Waals surface area contributed by atoms with E-state index in [1.165, 1.54) is 0 Å². The molecule has 28 heavy (non-hydrogen) atoms. The molecule has 2 saturated heterocycles. The molecule has 2 aliphatic heterocycles. The molecule has 6 heteroatoms. The number of aromatic nitrogens is 2. The van der Waals surface area contributed by atoms with Crippen molar-refractivity contribution in [2.24, 2.45) is 5.41 Å². The number of nitrogens with zero attached hydrogens (tertiary/aromatic N) is 4. The number of likely N-dealkylation sites (tertiary alicyclic amines) is 2. The van der Waals surface area contributed by atoms with Gasteiger partial charge in [-0.2, -0.15) is 0 Å². The first-order chi connectivity index (χ1) is 13.5. The van der Waals surface area contributed by atoms with Gasteiger partial charge in [0.2, 0.25) is 5.91 Å². The van der Waals surface area contributed by atoms with Crippen molar-refractivity contribution in [1.29, 1.82) is 0 Å². The predicted molar refractivity (Wildman–Crippen MR) is 106 cm³/mol. The number of aryl methyl sites for hydroxylation is 1. The van der Waals surface area contributed by atoms with E-state index < -0.39 is 0 Å². The van der Waals surface area contributed by atoms with Crippen LogP contribution in [0.2, 0.25) is 0 Å². The second-order valence-electron chi connectivity index (χ2n) is 8.17. The summed E-state index contributed by atoms with van der Waals surface area (Å²) < 4.78 is 0. The topological polar surface area (TPSA) is 66.4 Å². The summed E-state index contributed by atoms with van der Waals surface area (Å²) >= 11 is 0. The summed E-state index contributed by atoms with van der Waals surface area (Å²) in [5.74, 6) is 0.769. The van der Waals surface area contributed by atoms with Crippen LogP contribution in [0.15, 0.2) is 42.7 Å². The molecule has 0 unspecified atom stereocenters. The Morgan fingerprint density at radius 3 is 2.39 bits per heavy atom. The normalized spacial score (nSPS) is 21.8. The third kappa shape index (κ3) is 3.51. The highest BCUT2D eigenvalue weighted by atomic mass is 16.2. The lowest BCUT2D eigenvalue weighted by atomic mass is 9.67. The van der Waals surface area contributed by atoms with Crippen molar-refractivity contribution in [2.75, 3.05) is 26.7 Å². The molecule has 0 aliphatic carbocycles. The van der Waals surface area contributed by atoms with Gasteiger partial charge in [0, 0.05) is 39.1 Å².